The number of halogens is 1. The Morgan fingerprint density at radius 1 is 1.71 bits per heavy atom. The Morgan fingerprint density at radius 3 is 2.43 bits per heavy atom. The van der Waals surface area contributed by atoms with Crippen molar-refractivity contribution in [1.82, 2.24) is 5.32 Å². The van der Waals surface area contributed by atoms with Crippen molar-refractivity contribution < 1.29 is 0 Å². The van der Waals surface area contributed by atoms with Gasteiger partial charge in [0.05, 0.1) is 0 Å². The summed E-state index contributed by atoms with van der Waals surface area (Å²) in [5, 5.41) is 3.20. The lowest BCUT2D eigenvalue weighted by molar-refractivity contribution is 0.718. The summed E-state index contributed by atoms with van der Waals surface area (Å²) in [6, 6.07) is 0. The van der Waals surface area contributed by atoms with Gasteiger partial charge in [0.25, 0.3) is 0 Å². The van der Waals surface area contributed by atoms with E-state index in [1.54, 1.807) is 0 Å². The lowest BCUT2D eigenvalue weighted by Crippen LogP contribution is -2.19. The fourth-order valence-corrected chi connectivity index (χ4v) is 0.572. The maximum atomic E-state index is 3.41. The Bertz CT molecular complexity index is 37.1. The molecule has 0 radical (unpaired) electrons. The zero-order valence-electron chi connectivity index (χ0n) is 4.87. The smallest absolute Gasteiger partial charge is 0.0242 e. The van der Waals surface area contributed by atoms with Gasteiger partial charge in [-0.05, 0) is 6.54 Å². The van der Waals surface area contributed by atoms with Gasteiger partial charge in [-0.1, -0.05) is 29.8 Å². The van der Waals surface area contributed by atoms with Gasteiger partial charge in [0.15, 0.2) is 0 Å². The van der Waals surface area contributed by atoms with Crippen molar-refractivity contribution in [3.05, 3.63) is 0 Å². The number of alkyl halides is 1. The molecule has 1 unspecified atom stereocenters. The summed E-state index contributed by atoms with van der Waals surface area (Å²) < 4.78 is 0. The van der Waals surface area contributed by atoms with E-state index in [0.717, 1.165) is 13.1 Å². The molecule has 0 saturated heterocycles. The minimum Gasteiger partial charge on any atom is -0.316 e. The molecule has 0 spiro atoms. The maximum absolute atomic E-state index is 3.41. The van der Waals surface area contributed by atoms with E-state index in [4.69, 9.17) is 0 Å². The van der Waals surface area contributed by atoms with Gasteiger partial charge in [0.1, 0.15) is 0 Å². The van der Waals surface area contributed by atoms with Gasteiger partial charge in [0, 0.05) is 11.4 Å². The average molecular weight is 166 g/mol. The first-order valence-electron chi connectivity index (χ1n) is 2.62. The van der Waals surface area contributed by atoms with Crippen LogP contribution in [0.3, 0.4) is 0 Å². The van der Waals surface area contributed by atoms with Crippen molar-refractivity contribution in [2.24, 2.45) is 0 Å². The molecule has 0 heterocycles. The number of rotatable bonds is 3. The molecule has 0 aromatic carbocycles. The highest BCUT2D eigenvalue weighted by Gasteiger charge is 1.89. The standard InChI is InChI=1S/C5H12BrN/c1-3-7-4-5(2)6/h5,7H,3-4H2,1-2H3. The van der Waals surface area contributed by atoms with Crippen molar-refractivity contribution in [3.63, 3.8) is 0 Å². The van der Waals surface area contributed by atoms with Crippen molar-refractivity contribution >= 4 is 15.9 Å². The van der Waals surface area contributed by atoms with Crippen LogP contribution in [0, 0.1) is 0 Å². The first-order valence-corrected chi connectivity index (χ1v) is 3.53. The van der Waals surface area contributed by atoms with Gasteiger partial charge in [-0.2, -0.15) is 0 Å². The molecule has 1 atom stereocenters. The first-order chi connectivity index (χ1) is 3.27. The summed E-state index contributed by atoms with van der Waals surface area (Å²) in [4.78, 5) is 0.604. The van der Waals surface area contributed by atoms with Crippen LogP contribution >= 0.6 is 15.9 Å². The molecule has 0 aliphatic heterocycles. The normalized spacial score (nSPS) is 14.1. The van der Waals surface area contributed by atoms with Gasteiger partial charge in [-0.3, -0.25) is 0 Å². The van der Waals surface area contributed by atoms with Crippen LogP contribution in [0.5, 0.6) is 0 Å². The molecule has 0 saturated carbocycles. The number of hydrogen-bond donors (Lipinski definition) is 1. The number of nitrogens with one attached hydrogen (secondary N) is 1. The van der Waals surface area contributed by atoms with Crippen LogP contribution in [-0.4, -0.2) is 17.9 Å². The minimum absolute atomic E-state index is 0.604. The molecule has 0 bridgehead atoms. The van der Waals surface area contributed by atoms with E-state index in [-0.39, 0.29) is 0 Å². The predicted molar refractivity (Wildman–Crippen MR) is 36.9 cm³/mol. The van der Waals surface area contributed by atoms with E-state index in [1.807, 2.05) is 0 Å². The second-order valence-corrected chi connectivity index (χ2v) is 3.15. The molecular weight excluding hydrogens is 154 g/mol. The average Bonchev–Trinajstić information content (AvgIpc) is 1.61. The van der Waals surface area contributed by atoms with Crippen molar-refractivity contribution in [3.8, 4) is 0 Å². The van der Waals surface area contributed by atoms with Crippen molar-refractivity contribution in [2.75, 3.05) is 13.1 Å². The molecule has 0 aromatic rings. The van der Waals surface area contributed by atoms with Crippen LogP contribution in [0.25, 0.3) is 0 Å². The zero-order valence-corrected chi connectivity index (χ0v) is 6.46. The third kappa shape index (κ3) is 6.44. The molecule has 0 aliphatic carbocycles. The van der Waals surface area contributed by atoms with Gasteiger partial charge >= 0.3 is 0 Å². The third-order valence-electron chi connectivity index (χ3n) is 0.676. The lowest BCUT2D eigenvalue weighted by atomic mass is 10.5. The molecule has 7 heavy (non-hydrogen) atoms. The molecular formula is C5H12BrN. The summed E-state index contributed by atoms with van der Waals surface area (Å²) in [7, 11) is 0. The van der Waals surface area contributed by atoms with E-state index in [2.05, 4.69) is 35.1 Å². The Hall–Kier alpha value is 0.440. The third-order valence-corrected chi connectivity index (χ3v) is 0.999. The van der Waals surface area contributed by atoms with Crippen LogP contribution in [-0.2, 0) is 0 Å². The van der Waals surface area contributed by atoms with Gasteiger partial charge < -0.3 is 5.32 Å². The summed E-state index contributed by atoms with van der Waals surface area (Å²) in [5.74, 6) is 0. The summed E-state index contributed by atoms with van der Waals surface area (Å²) >= 11 is 3.41. The lowest BCUT2D eigenvalue weighted by Gasteiger charge is -2.00. The molecule has 0 amide bonds. The molecule has 0 rings (SSSR count). The van der Waals surface area contributed by atoms with Crippen LogP contribution in [0.2, 0.25) is 0 Å². The second kappa shape index (κ2) is 4.60. The van der Waals surface area contributed by atoms with E-state index in [1.165, 1.54) is 0 Å². The van der Waals surface area contributed by atoms with Crippen LogP contribution in [0.15, 0.2) is 0 Å². The summed E-state index contributed by atoms with van der Waals surface area (Å²) in [6.07, 6.45) is 0. The molecule has 0 aromatic heterocycles. The van der Waals surface area contributed by atoms with E-state index in [0.29, 0.717) is 4.83 Å². The highest BCUT2D eigenvalue weighted by molar-refractivity contribution is 9.09. The topological polar surface area (TPSA) is 12.0 Å². The zero-order chi connectivity index (χ0) is 5.70. The predicted octanol–water partition coefficient (Wildman–Crippen LogP) is 1.38. The van der Waals surface area contributed by atoms with Gasteiger partial charge in [-0.25, -0.2) is 0 Å². The van der Waals surface area contributed by atoms with E-state index < -0.39 is 0 Å². The second-order valence-electron chi connectivity index (χ2n) is 1.59. The summed E-state index contributed by atoms with van der Waals surface area (Å²) in [6.45, 7) is 6.37. The molecule has 1 nitrogen and oxygen atoms in total. The molecule has 2 heteroatoms. The maximum Gasteiger partial charge on any atom is 0.0242 e. The van der Waals surface area contributed by atoms with Gasteiger partial charge in [-0.15, -0.1) is 0 Å². The molecule has 0 aliphatic rings. The fourth-order valence-electron chi connectivity index (χ4n) is 0.343. The Kier molecular flexibility index (Phi) is 4.88. The van der Waals surface area contributed by atoms with Gasteiger partial charge in [0.2, 0.25) is 0 Å². The van der Waals surface area contributed by atoms with E-state index >= 15 is 0 Å². The minimum atomic E-state index is 0.604. The quantitative estimate of drug-likeness (QED) is 0.624. The monoisotopic (exact) mass is 165 g/mol. The first kappa shape index (κ1) is 7.44. The van der Waals surface area contributed by atoms with Crippen molar-refractivity contribution in [2.45, 2.75) is 18.7 Å². The van der Waals surface area contributed by atoms with Crippen LogP contribution < -0.4 is 5.32 Å². The van der Waals surface area contributed by atoms with E-state index in [9.17, 15) is 0 Å². The Balaban J connectivity index is 2.68. The van der Waals surface area contributed by atoms with Crippen LogP contribution in [0.4, 0.5) is 0 Å². The van der Waals surface area contributed by atoms with Crippen molar-refractivity contribution in [1.29, 1.82) is 0 Å². The molecule has 44 valence electrons. The highest BCUT2D eigenvalue weighted by Crippen LogP contribution is 1.92. The molecule has 0 fully saturated rings. The number of hydrogen-bond acceptors (Lipinski definition) is 1. The molecule has 1 N–H and O–H groups in total. The Morgan fingerprint density at radius 2 is 2.29 bits per heavy atom. The summed E-state index contributed by atoms with van der Waals surface area (Å²) in [5.41, 5.74) is 0. The largest absolute Gasteiger partial charge is 0.316 e. The van der Waals surface area contributed by atoms with Crippen LogP contribution in [0.1, 0.15) is 13.8 Å². The Labute approximate surface area is 53.6 Å². The fraction of sp³-hybridized carbons (Fsp3) is 1.00. The highest BCUT2D eigenvalue weighted by atomic mass is 79.9. The SMILES string of the molecule is CCNCC(C)Br.